The van der Waals surface area contributed by atoms with Gasteiger partial charge >= 0.3 is 0 Å². The Kier molecular flexibility index (Phi) is 3.55. The molecule has 1 aliphatic heterocycles. The van der Waals surface area contributed by atoms with E-state index in [1.165, 1.54) is 4.90 Å². The van der Waals surface area contributed by atoms with Crippen molar-refractivity contribution in [1.29, 1.82) is 0 Å². The standard InChI is InChI=1S/C11H12N2O2.ClH/c1-7-8(2)11(15)13(10(7)14)9-5-3-4-6-12-9;/h3-7,15H,1-2H3;1H. The summed E-state index contributed by atoms with van der Waals surface area (Å²) >= 11 is 0. The second-order valence-electron chi connectivity index (χ2n) is 3.59. The van der Waals surface area contributed by atoms with E-state index in [0.717, 1.165) is 0 Å². The molecule has 2 heterocycles. The van der Waals surface area contributed by atoms with E-state index in [2.05, 4.69) is 4.98 Å². The van der Waals surface area contributed by atoms with Gasteiger partial charge in [-0.3, -0.25) is 4.79 Å². The van der Waals surface area contributed by atoms with Crippen molar-refractivity contribution in [2.24, 2.45) is 5.92 Å². The van der Waals surface area contributed by atoms with Crippen molar-refractivity contribution < 1.29 is 9.90 Å². The molecule has 2 rings (SSSR count). The van der Waals surface area contributed by atoms with Gasteiger partial charge in [0.05, 0.1) is 5.92 Å². The van der Waals surface area contributed by atoms with Crippen molar-refractivity contribution in [2.75, 3.05) is 4.90 Å². The van der Waals surface area contributed by atoms with Crippen LogP contribution in [0.1, 0.15) is 13.8 Å². The first-order valence-corrected chi connectivity index (χ1v) is 4.77. The van der Waals surface area contributed by atoms with Crippen LogP contribution in [0.4, 0.5) is 5.82 Å². The molecule has 1 aromatic rings. The van der Waals surface area contributed by atoms with E-state index in [4.69, 9.17) is 0 Å². The minimum absolute atomic E-state index is 0. The molecule has 0 radical (unpaired) electrons. The third kappa shape index (κ3) is 1.76. The summed E-state index contributed by atoms with van der Waals surface area (Å²) in [5.41, 5.74) is 0.686. The van der Waals surface area contributed by atoms with Gasteiger partial charge in [-0.1, -0.05) is 6.07 Å². The van der Waals surface area contributed by atoms with Crippen LogP contribution >= 0.6 is 12.4 Å². The predicted molar refractivity (Wildman–Crippen MR) is 63.5 cm³/mol. The van der Waals surface area contributed by atoms with Crippen molar-refractivity contribution in [3.63, 3.8) is 0 Å². The lowest BCUT2D eigenvalue weighted by atomic mass is 10.1. The van der Waals surface area contributed by atoms with E-state index < -0.39 is 0 Å². The van der Waals surface area contributed by atoms with Gasteiger partial charge in [-0.2, -0.15) is 0 Å². The molecule has 0 bridgehead atoms. The van der Waals surface area contributed by atoms with Crippen LogP contribution in [0.3, 0.4) is 0 Å². The Morgan fingerprint density at radius 1 is 1.44 bits per heavy atom. The topological polar surface area (TPSA) is 53.4 Å². The first-order chi connectivity index (χ1) is 7.13. The van der Waals surface area contributed by atoms with Gasteiger partial charge in [-0.15, -0.1) is 12.4 Å². The van der Waals surface area contributed by atoms with Crippen LogP contribution < -0.4 is 4.90 Å². The fourth-order valence-electron chi connectivity index (χ4n) is 1.56. The number of carbonyl (C=O) groups is 1. The zero-order valence-electron chi connectivity index (χ0n) is 9.04. The van der Waals surface area contributed by atoms with Gasteiger partial charge in [0.25, 0.3) is 0 Å². The van der Waals surface area contributed by atoms with Gasteiger partial charge in [-0.05, 0) is 31.6 Å². The molecule has 16 heavy (non-hydrogen) atoms. The minimum Gasteiger partial charge on any atom is -0.494 e. The molecule has 0 spiro atoms. The highest BCUT2D eigenvalue weighted by molar-refractivity contribution is 6.01. The number of anilines is 1. The Morgan fingerprint density at radius 3 is 2.56 bits per heavy atom. The summed E-state index contributed by atoms with van der Waals surface area (Å²) in [6.07, 6.45) is 1.59. The zero-order valence-corrected chi connectivity index (χ0v) is 9.86. The molecule has 1 N–H and O–H groups in total. The lowest BCUT2D eigenvalue weighted by Crippen LogP contribution is -2.28. The molecule has 0 aromatic carbocycles. The maximum atomic E-state index is 11.8. The highest BCUT2D eigenvalue weighted by Crippen LogP contribution is 2.30. The van der Waals surface area contributed by atoms with E-state index >= 15 is 0 Å². The maximum absolute atomic E-state index is 11.8. The first-order valence-electron chi connectivity index (χ1n) is 4.77. The minimum atomic E-state index is -0.271. The molecular formula is C11H13ClN2O2. The zero-order chi connectivity index (χ0) is 11.0. The SMILES string of the molecule is CC1=C(O)N(c2ccccn2)C(=O)C1C.Cl. The van der Waals surface area contributed by atoms with Crippen molar-refractivity contribution in [1.82, 2.24) is 4.98 Å². The van der Waals surface area contributed by atoms with E-state index in [9.17, 15) is 9.90 Å². The van der Waals surface area contributed by atoms with Crippen LogP contribution in [0.15, 0.2) is 35.9 Å². The highest BCUT2D eigenvalue weighted by atomic mass is 35.5. The number of aromatic nitrogens is 1. The number of pyridine rings is 1. The molecule has 4 nitrogen and oxygen atoms in total. The Hall–Kier alpha value is -1.55. The number of aliphatic hydroxyl groups excluding tert-OH is 1. The lowest BCUT2D eigenvalue weighted by molar-refractivity contribution is -0.119. The van der Waals surface area contributed by atoms with Gasteiger partial charge in [0.15, 0.2) is 5.88 Å². The monoisotopic (exact) mass is 240 g/mol. The fraction of sp³-hybridized carbons (Fsp3) is 0.273. The summed E-state index contributed by atoms with van der Waals surface area (Å²) in [6, 6.07) is 5.24. The van der Waals surface area contributed by atoms with Crippen LogP contribution in [-0.2, 0) is 4.79 Å². The summed E-state index contributed by atoms with van der Waals surface area (Å²) < 4.78 is 0. The molecule has 0 aliphatic carbocycles. The first kappa shape index (κ1) is 12.5. The molecule has 1 aromatic heterocycles. The molecule has 1 aliphatic rings. The van der Waals surface area contributed by atoms with Crippen LogP contribution in [0.2, 0.25) is 0 Å². The second-order valence-corrected chi connectivity index (χ2v) is 3.59. The Balaban J connectivity index is 0.00000128. The normalized spacial score (nSPS) is 20.0. The van der Waals surface area contributed by atoms with Crippen LogP contribution in [-0.4, -0.2) is 16.0 Å². The average Bonchev–Trinajstić information content (AvgIpc) is 2.45. The van der Waals surface area contributed by atoms with Crippen molar-refractivity contribution in [3.05, 3.63) is 35.9 Å². The number of nitrogens with zero attached hydrogens (tertiary/aromatic N) is 2. The van der Waals surface area contributed by atoms with Gasteiger partial charge in [-0.25, -0.2) is 9.88 Å². The van der Waals surface area contributed by atoms with E-state index in [1.807, 2.05) is 0 Å². The van der Waals surface area contributed by atoms with Crippen molar-refractivity contribution in [2.45, 2.75) is 13.8 Å². The van der Waals surface area contributed by atoms with E-state index in [-0.39, 0.29) is 30.1 Å². The van der Waals surface area contributed by atoms with Crippen LogP contribution in [0, 0.1) is 5.92 Å². The average molecular weight is 241 g/mol. The van der Waals surface area contributed by atoms with E-state index in [1.54, 1.807) is 38.2 Å². The molecule has 0 fully saturated rings. The number of halogens is 1. The largest absolute Gasteiger partial charge is 0.494 e. The summed E-state index contributed by atoms with van der Waals surface area (Å²) in [7, 11) is 0. The Bertz CT molecular complexity index is 431. The number of carbonyl (C=O) groups excluding carboxylic acids is 1. The van der Waals surface area contributed by atoms with E-state index in [0.29, 0.717) is 11.4 Å². The number of hydrogen-bond donors (Lipinski definition) is 1. The third-order valence-corrected chi connectivity index (χ3v) is 2.68. The summed E-state index contributed by atoms with van der Waals surface area (Å²) in [5.74, 6) is 0.0607. The van der Waals surface area contributed by atoms with Crippen LogP contribution in [0.25, 0.3) is 0 Å². The number of aliphatic hydroxyl groups is 1. The number of amides is 1. The van der Waals surface area contributed by atoms with Crippen LogP contribution in [0.5, 0.6) is 0 Å². The quantitative estimate of drug-likeness (QED) is 0.819. The molecule has 5 heteroatoms. The lowest BCUT2D eigenvalue weighted by Gasteiger charge is -2.15. The summed E-state index contributed by atoms with van der Waals surface area (Å²) in [5, 5.41) is 9.80. The number of rotatable bonds is 1. The molecule has 1 atom stereocenters. The second kappa shape index (κ2) is 4.53. The molecular weight excluding hydrogens is 228 g/mol. The highest BCUT2D eigenvalue weighted by Gasteiger charge is 2.36. The Labute approximate surface area is 100 Å². The van der Waals surface area contributed by atoms with Gasteiger partial charge in [0.1, 0.15) is 5.82 Å². The van der Waals surface area contributed by atoms with Gasteiger partial charge in [0, 0.05) is 6.20 Å². The third-order valence-electron chi connectivity index (χ3n) is 2.68. The molecule has 1 unspecified atom stereocenters. The summed E-state index contributed by atoms with van der Waals surface area (Å²) in [4.78, 5) is 17.1. The smallest absolute Gasteiger partial charge is 0.242 e. The van der Waals surface area contributed by atoms with Gasteiger partial charge < -0.3 is 5.11 Å². The van der Waals surface area contributed by atoms with Crippen molar-refractivity contribution >= 4 is 24.1 Å². The fourth-order valence-corrected chi connectivity index (χ4v) is 1.56. The predicted octanol–water partition coefficient (Wildman–Crippen LogP) is 2.28. The maximum Gasteiger partial charge on any atom is 0.242 e. The number of hydrogen-bond acceptors (Lipinski definition) is 3. The van der Waals surface area contributed by atoms with Gasteiger partial charge in [0.2, 0.25) is 5.91 Å². The molecule has 0 saturated carbocycles. The van der Waals surface area contributed by atoms with Crippen molar-refractivity contribution in [3.8, 4) is 0 Å². The molecule has 86 valence electrons. The summed E-state index contributed by atoms with van der Waals surface area (Å²) in [6.45, 7) is 3.53. The Morgan fingerprint density at radius 2 is 2.12 bits per heavy atom. The molecule has 0 saturated heterocycles. The molecule has 1 amide bonds.